The van der Waals surface area contributed by atoms with Crippen molar-refractivity contribution in [2.45, 2.75) is 110 Å². The lowest BCUT2D eigenvalue weighted by molar-refractivity contribution is 0.476. The van der Waals surface area contributed by atoms with E-state index in [2.05, 4.69) is 191 Å². The molecule has 0 aliphatic heterocycles. The highest BCUT2D eigenvalue weighted by atomic mass is 16.3. The molecule has 7 aromatic rings. The van der Waals surface area contributed by atoms with Crippen LogP contribution in [0.15, 0.2) is 134 Å². The first-order valence-electron chi connectivity index (χ1n) is 21.8. The van der Waals surface area contributed by atoms with Crippen LogP contribution in [-0.2, 0) is 27.1 Å². The maximum atomic E-state index is 12.1. The van der Waals surface area contributed by atoms with Crippen molar-refractivity contribution in [2.75, 3.05) is 4.90 Å². The Morgan fingerprint density at radius 3 is 1.62 bits per heavy atom. The predicted molar refractivity (Wildman–Crippen MR) is 255 cm³/mol. The van der Waals surface area contributed by atoms with Crippen LogP contribution in [0.4, 0.5) is 17.2 Å². The first-order valence-corrected chi connectivity index (χ1v) is 21.8. The number of hydrogen-bond donors (Lipinski definition) is 1. The average molecular weight is 802 g/mol. The van der Waals surface area contributed by atoms with Gasteiger partial charge < -0.3 is 5.11 Å². The van der Waals surface area contributed by atoms with E-state index in [0.29, 0.717) is 0 Å². The Morgan fingerprint density at radius 2 is 1.07 bits per heavy atom. The molecule has 1 spiro atoms. The summed E-state index contributed by atoms with van der Waals surface area (Å²) in [7, 11) is 0. The highest BCUT2D eigenvalue weighted by Crippen LogP contribution is 2.64. The zero-order valence-corrected chi connectivity index (χ0v) is 38.0. The fourth-order valence-electron chi connectivity index (χ4n) is 9.51. The molecule has 1 N–H and O–H groups in total. The van der Waals surface area contributed by atoms with Crippen LogP contribution >= 0.6 is 0 Å². The molecule has 0 radical (unpaired) electrons. The third-order valence-electron chi connectivity index (χ3n) is 13.0. The topological polar surface area (TPSA) is 49.2 Å². The van der Waals surface area contributed by atoms with Gasteiger partial charge in [-0.15, -0.1) is 0 Å². The molecular formula is C57H59N3O. The highest BCUT2D eigenvalue weighted by Gasteiger charge is 2.54. The van der Waals surface area contributed by atoms with Crippen LogP contribution in [0.5, 0.6) is 5.75 Å². The van der Waals surface area contributed by atoms with Gasteiger partial charge in [-0.3, -0.25) is 9.88 Å². The number of anilines is 3. The summed E-state index contributed by atoms with van der Waals surface area (Å²) in [6.07, 6.45) is 1.85. The molecular weight excluding hydrogens is 743 g/mol. The van der Waals surface area contributed by atoms with Gasteiger partial charge in [0.25, 0.3) is 0 Å². The molecule has 4 nitrogen and oxygen atoms in total. The second-order valence-corrected chi connectivity index (χ2v) is 21.4. The quantitative estimate of drug-likeness (QED) is 0.193. The lowest BCUT2D eigenvalue weighted by Crippen LogP contribution is -2.27. The molecule has 0 bridgehead atoms. The molecule has 0 atom stereocenters. The molecule has 2 heterocycles. The minimum Gasteiger partial charge on any atom is -0.507 e. The maximum absolute atomic E-state index is 12.1. The van der Waals surface area contributed by atoms with E-state index in [-0.39, 0.29) is 27.4 Å². The fraction of sp³-hybridized carbons (Fsp3) is 0.298. The van der Waals surface area contributed by atoms with Crippen molar-refractivity contribution in [3.05, 3.63) is 178 Å². The van der Waals surface area contributed by atoms with Gasteiger partial charge in [-0.2, -0.15) is 0 Å². The number of nitrogens with zero attached hydrogens (tertiary/aromatic N) is 3. The van der Waals surface area contributed by atoms with Crippen molar-refractivity contribution in [3.63, 3.8) is 0 Å². The van der Waals surface area contributed by atoms with Crippen molar-refractivity contribution in [1.82, 2.24) is 9.97 Å². The first-order chi connectivity index (χ1) is 28.7. The van der Waals surface area contributed by atoms with E-state index in [9.17, 15) is 5.11 Å². The molecule has 61 heavy (non-hydrogen) atoms. The number of hydrogen-bond acceptors (Lipinski definition) is 4. The Hall–Kier alpha value is -6.00. The van der Waals surface area contributed by atoms with Crippen LogP contribution < -0.4 is 4.90 Å². The predicted octanol–water partition coefficient (Wildman–Crippen LogP) is 14.9. The second kappa shape index (κ2) is 13.8. The number of aromatic hydroxyl groups is 1. The van der Waals surface area contributed by atoms with E-state index in [1.54, 1.807) is 0 Å². The summed E-state index contributed by atoms with van der Waals surface area (Å²) in [5.74, 6) is 1.02. The molecule has 0 unspecified atom stereocenters. The van der Waals surface area contributed by atoms with Crippen LogP contribution in [-0.4, -0.2) is 15.1 Å². The van der Waals surface area contributed by atoms with Crippen molar-refractivity contribution >= 4 is 17.2 Å². The Labute approximate surface area is 363 Å². The van der Waals surface area contributed by atoms with Gasteiger partial charge in [0.05, 0.1) is 16.8 Å². The van der Waals surface area contributed by atoms with E-state index in [4.69, 9.17) is 9.97 Å². The number of benzene rings is 5. The van der Waals surface area contributed by atoms with Gasteiger partial charge in [0.2, 0.25) is 0 Å². The molecule has 0 fully saturated rings. The third kappa shape index (κ3) is 6.58. The zero-order valence-electron chi connectivity index (χ0n) is 38.0. The molecule has 5 aromatic carbocycles. The smallest absolute Gasteiger partial charge is 0.138 e. The Bertz CT molecular complexity index is 2760. The number of phenolic OH excluding ortho intramolecular Hbond substituents is 1. The van der Waals surface area contributed by atoms with Crippen LogP contribution in [0.25, 0.3) is 33.6 Å². The van der Waals surface area contributed by atoms with Crippen LogP contribution in [0.2, 0.25) is 0 Å². The van der Waals surface area contributed by atoms with Gasteiger partial charge >= 0.3 is 0 Å². The summed E-state index contributed by atoms with van der Waals surface area (Å²) in [6.45, 7) is 27.4. The minimum absolute atomic E-state index is 0.0649. The molecule has 2 aliphatic rings. The largest absolute Gasteiger partial charge is 0.507 e. The Kier molecular flexibility index (Phi) is 9.11. The van der Waals surface area contributed by atoms with E-state index >= 15 is 0 Å². The number of pyridine rings is 2. The lowest BCUT2D eigenvalue weighted by atomic mass is 9.69. The monoisotopic (exact) mass is 801 g/mol. The van der Waals surface area contributed by atoms with Crippen LogP contribution in [0, 0.1) is 0 Å². The summed E-state index contributed by atoms with van der Waals surface area (Å²) in [4.78, 5) is 12.8. The van der Waals surface area contributed by atoms with E-state index in [1.807, 2.05) is 30.5 Å². The van der Waals surface area contributed by atoms with Crippen molar-refractivity contribution in [1.29, 1.82) is 0 Å². The summed E-state index contributed by atoms with van der Waals surface area (Å²) < 4.78 is 0. The number of phenols is 1. The van der Waals surface area contributed by atoms with Crippen LogP contribution in [0.1, 0.15) is 128 Å². The highest BCUT2D eigenvalue weighted by molar-refractivity contribution is 5.96. The molecule has 0 saturated heterocycles. The molecule has 4 heteroatoms. The van der Waals surface area contributed by atoms with Gasteiger partial charge in [0, 0.05) is 28.7 Å². The van der Waals surface area contributed by atoms with Crippen LogP contribution in [0.3, 0.4) is 0 Å². The van der Waals surface area contributed by atoms with Crippen molar-refractivity contribution in [3.8, 4) is 39.4 Å². The summed E-state index contributed by atoms with van der Waals surface area (Å²) >= 11 is 0. The van der Waals surface area contributed by atoms with Crippen molar-refractivity contribution in [2.24, 2.45) is 0 Å². The third-order valence-corrected chi connectivity index (χ3v) is 13.0. The molecule has 2 aliphatic carbocycles. The number of rotatable bonds is 4. The lowest BCUT2D eigenvalue weighted by Gasteiger charge is -2.33. The zero-order chi connectivity index (χ0) is 43.4. The van der Waals surface area contributed by atoms with Gasteiger partial charge in [0.1, 0.15) is 11.6 Å². The standard InChI is InChI=1S/C57H59N3O/c1-53(2,3)36-22-24-42-43-25-23-37(54(4,5)6)34-47(43)57(46(42)33-36)44-19-16-21-49(61)51(44)52-45(57)26-27-50(59-52)60(40-18-15-17-35(29-40)48-20-13-14-28-58-48)41-31-38(55(7,8)9)30-39(32-41)56(10,11)12/h13-34,61H,1-12H3. The van der Waals surface area contributed by atoms with Gasteiger partial charge in [-0.1, -0.05) is 162 Å². The molecule has 9 rings (SSSR count). The first kappa shape index (κ1) is 40.4. The van der Waals surface area contributed by atoms with Gasteiger partial charge in [-0.25, -0.2) is 4.98 Å². The van der Waals surface area contributed by atoms with E-state index in [0.717, 1.165) is 50.8 Å². The number of aromatic nitrogens is 2. The Morgan fingerprint density at radius 1 is 0.475 bits per heavy atom. The van der Waals surface area contributed by atoms with Crippen molar-refractivity contribution < 1.29 is 5.11 Å². The summed E-state index contributed by atoms with van der Waals surface area (Å²) in [5, 5.41) is 12.1. The maximum Gasteiger partial charge on any atom is 0.138 e. The average Bonchev–Trinajstić information content (AvgIpc) is 3.67. The molecule has 2 aromatic heterocycles. The van der Waals surface area contributed by atoms with E-state index < -0.39 is 5.41 Å². The minimum atomic E-state index is -0.683. The van der Waals surface area contributed by atoms with E-state index in [1.165, 1.54) is 44.5 Å². The fourth-order valence-corrected chi connectivity index (χ4v) is 9.51. The van der Waals surface area contributed by atoms with Gasteiger partial charge in [-0.05, 0) is 126 Å². The molecule has 0 saturated carbocycles. The Balaban J connectivity index is 1.36. The SMILES string of the molecule is CC(C)(C)c1cc(N(c2cccc(-c3ccccn3)c2)c2ccc3c(n2)-c2c(O)cccc2C32c3cc(C(C)(C)C)ccc3-c3ccc(C(C)(C)C)cc32)cc(C(C)(C)C)c1. The normalized spacial score (nSPS) is 14.1. The summed E-state index contributed by atoms with van der Waals surface area (Å²) in [5.41, 5.74) is 16.7. The number of fused-ring (bicyclic) bond motifs is 10. The summed E-state index contributed by atoms with van der Waals surface area (Å²) in [6, 6.07) is 46.4. The van der Waals surface area contributed by atoms with Gasteiger partial charge in [0.15, 0.2) is 0 Å². The second-order valence-electron chi connectivity index (χ2n) is 21.4. The molecule has 308 valence electrons. The molecule has 0 amide bonds.